The molecule has 4 nitrogen and oxygen atoms in total. The molecule has 1 unspecified atom stereocenters. The van der Waals surface area contributed by atoms with Crippen LogP contribution in [0.25, 0.3) is 0 Å². The first-order valence-electron chi connectivity index (χ1n) is 5.22. The molecule has 2 saturated heterocycles. The van der Waals surface area contributed by atoms with Crippen molar-refractivity contribution in [2.75, 3.05) is 25.4 Å². The summed E-state index contributed by atoms with van der Waals surface area (Å²) in [5.74, 6) is 0.351. The molecule has 14 heavy (non-hydrogen) atoms. The Hall–Kier alpha value is -0.130. The SMILES string of the molecule is O=S1(=O)CCCCC1COC1CNC1. The molecule has 0 saturated carbocycles. The molecule has 0 spiro atoms. The summed E-state index contributed by atoms with van der Waals surface area (Å²) >= 11 is 0. The van der Waals surface area contributed by atoms with Gasteiger partial charge in [0, 0.05) is 13.1 Å². The summed E-state index contributed by atoms with van der Waals surface area (Å²) in [4.78, 5) is 0. The first kappa shape index (κ1) is 10.4. The van der Waals surface area contributed by atoms with Crippen LogP contribution < -0.4 is 5.32 Å². The Morgan fingerprint density at radius 3 is 2.64 bits per heavy atom. The van der Waals surface area contributed by atoms with Crippen LogP contribution in [0.5, 0.6) is 0 Å². The van der Waals surface area contributed by atoms with Crippen LogP contribution in [0, 0.1) is 0 Å². The second kappa shape index (κ2) is 4.16. The van der Waals surface area contributed by atoms with E-state index in [4.69, 9.17) is 4.74 Å². The van der Waals surface area contributed by atoms with Gasteiger partial charge in [-0.25, -0.2) is 8.42 Å². The number of nitrogens with one attached hydrogen (secondary N) is 1. The maximum atomic E-state index is 11.6. The predicted molar refractivity (Wildman–Crippen MR) is 54.0 cm³/mol. The minimum absolute atomic E-state index is 0.239. The summed E-state index contributed by atoms with van der Waals surface area (Å²) < 4.78 is 28.7. The highest BCUT2D eigenvalue weighted by Crippen LogP contribution is 2.20. The van der Waals surface area contributed by atoms with E-state index in [0.29, 0.717) is 12.4 Å². The van der Waals surface area contributed by atoms with E-state index in [1.165, 1.54) is 0 Å². The monoisotopic (exact) mass is 219 g/mol. The average molecular weight is 219 g/mol. The van der Waals surface area contributed by atoms with Crippen molar-refractivity contribution in [1.29, 1.82) is 0 Å². The summed E-state index contributed by atoms with van der Waals surface area (Å²) in [5.41, 5.74) is 0. The van der Waals surface area contributed by atoms with Gasteiger partial charge in [-0.2, -0.15) is 0 Å². The Labute approximate surface area is 84.9 Å². The van der Waals surface area contributed by atoms with Crippen LogP contribution in [0.2, 0.25) is 0 Å². The first-order chi connectivity index (χ1) is 6.68. The van der Waals surface area contributed by atoms with E-state index >= 15 is 0 Å². The Morgan fingerprint density at radius 1 is 1.29 bits per heavy atom. The molecule has 5 heteroatoms. The molecule has 1 N–H and O–H groups in total. The largest absolute Gasteiger partial charge is 0.374 e. The van der Waals surface area contributed by atoms with Crippen LogP contribution in [0.4, 0.5) is 0 Å². The maximum absolute atomic E-state index is 11.6. The van der Waals surface area contributed by atoms with Crippen LogP contribution in [0.3, 0.4) is 0 Å². The molecule has 2 fully saturated rings. The fourth-order valence-electron chi connectivity index (χ4n) is 1.83. The second-order valence-electron chi connectivity index (χ2n) is 4.10. The lowest BCUT2D eigenvalue weighted by molar-refractivity contribution is 0.0178. The van der Waals surface area contributed by atoms with Crippen molar-refractivity contribution in [3.8, 4) is 0 Å². The summed E-state index contributed by atoms with van der Waals surface area (Å²) in [7, 11) is -2.85. The van der Waals surface area contributed by atoms with Gasteiger partial charge in [0.2, 0.25) is 0 Å². The van der Waals surface area contributed by atoms with E-state index in [9.17, 15) is 8.42 Å². The highest BCUT2D eigenvalue weighted by Gasteiger charge is 2.30. The number of hydrogen-bond acceptors (Lipinski definition) is 4. The summed E-state index contributed by atoms with van der Waals surface area (Å²) in [6.07, 6.45) is 2.87. The van der Waals surface area contributed by atoms with Crippen molar-refractivity contribution in [2.24, 2.45) is 0 Å². The highest BCUT2D eigenvalue weighted by molar-refractivity contribution is 7.92. The molecule has 0 aromatic heterocycles. The number of sulfone groups is 1. The summed E-state index contributed by atoms with van der Waals surface area (Å²) in [6, 6.07) is 0. The van der Waals surface area contributed by atoms with Crippen molar-refractivity contribution < 1.29 is 13.2 Å². The molecule has 1 atom stereocenters. The van der Waals surface area contributed by atoms with Crippen molar-refractivity contribution in [3.63, 3.8) is 0 Å². The molecule has 2 rings (SSSR count). The van der Waals surface area contributed by atoms with E-state index in [-0.39, 0.29) is 11.4 Å². The summed E-state index contributed by atoms with van der Waals surface area (Å²) in [6.45, 7) is 2.13. The third kappa shape index (κ3) is 2.27. The van der Waals surface area contributed by atoms with Gasteiger partial charge in [-0.3, -0.25) is 0 Å². The van der Waals surface area contributed by atoms with Crippen LogP contribution >= 0.6 is 0 Å². The molecule has 0 aliphatic carbocycles. The first-order valence-corrected chi connectivity index (χ1v) is 6.94. The minimum atomic E-state index is -2.85. The normalized spacial score (nSPS) is 32.4. The van der Waals surface area contributed by atoms with Gasteiger partial charge in [0.1, 0.15) is 0 Å². The zero-order chi connectivity index (χ0) is 10.0. The van der Waals surface area contributed by atoms with Crippen LogP contribution in [-0.4, -0.2) is 45.2 Å². The fraction of sp³-hybridized carbons (Fsp3) is 1.00. The molecule has 0 aromatic rings. The molecule has 0 amide bonds. The lowest BCUT2D eigenvalue weighted by Crippen LogP contribution is -2.49. The summed E-state index contributed by atoms with van der Waals surface area (Å²) in [5, 5.41) is 2.86. The van der Waals surface area contributed by atoms with Crippen molar-refractivity contribution in [1.82, 2.24) is 5.32 Å². The van der Waals surface area contributed by atoms with E-state index in [0.717, 1.165) is 32.4 Å². The van der Waals surface area contributed by atoms with Gasteiger partial charge >= 0.3 is 0 Å². The van der Waals surface area contributed by atoms with Crippen molar-refractivity contribution >= 4 is 9.84 Å². The quantitative estimate of drug-likeness (QED) is 0.722. The van der Waals surface area contributed by atoms with Gasteiger partial charge in [0.15, 0.2) is 9.84 Å². The van der Waals surface area contributed by atoms with Gasteiger partial charge in [-0.05, 0) is 12.8 Å². The van der Waals surface area contributed by atoms with Gasteiger partial charge in [-0.1, -0.05) is 6.42 Å². The fourth-order valence-corrected chi connectivity index (χ4v) is 3.58. The van der Waals surface area contributed by atoms with Crippen LogP contribution in [0.1, 0.15) is 19.3 Å². The standard InChI is InChI=1S/C9H17NO3S/c11-14(12)4-2-1-3-9(14)7-13-8-5-10-6-8/h8-10H,1-7H2. The van der Waals surface area contributed by atoms with Crippen molar-refractivity contribution in [2.45, 2.75) is 30.6 Å². The van der Waals surface area contributed by atoms with E-state index < -0.39 is 9.84 Å². The van der Waals surface area contributed by atoms with E-state index in [1.54, 1.807) is 0 Å². The Balaban J connectivity index is 1.82. The maximum Gasteiger partial charge on any atom is 0.155 e. The average Bonchev–Trinajstić information content (AvgIpc) is 2.04. The number of rotatable bonds is 3. The lowest BCUT2D eigenvalue weighted by Gasteiger charge is -2.30. The van der Waals surface area contributed by atoms with E-state index in [1.807, 2.05) is 0 Å². The number of ether oxygens (including phenoxy) is 1. The number of hydrogen-bond donors (Lipinski definition) is 1. The second-order valence-corrected chi connectivity index (χ2v) is 6.50. The zero-order valence-electron chi connectivity index (χ0n) is 8.24. The molecule has 0 radical (unpaired) electrons. The van der Waals surface area contributed by atoms with Gasteiger partial charge in [0.05, 0.1) is 23.7 Å². The van der Waals surface area contributed by atoms with Gasteiger partial charge < -0.3 is 10.1 Å². The zero-order valence-corrected chi connectivity index (χ0v) is 9.05. The Bertz CT molecular complexity index is 284. The molecular weight excluding hydrogens is 202 g/mol. The lowest BCUT2D eigenvalue weighted by atomic mass is 10.2. The molecule has 0 bridgehead atoms. The molecule has 2 aliphatic heterocycles. The topological polar surface area (TPSA) is 55.4 Å². The Morgan fingerprint density at radius 2 is 2.07 bits per heavy atom. The highest BCUT2D eigenvalue weighted by atomic mass is 32.2. The minimum Gasteiger partial charge on any atom is -0.374 e. The molecule has 2 aliphatic rings. The molecule has 82 valence electrons. The smallest absolute Gasteiger partial charge is 0.155 e. The van der Waals surface area contributed by atoms with E-state index in [2.05, 4.69) is 5.32 Å². The van der Waals surface area contributed by atoms with Gasteiger partial charge in [-0.15, -0.1) is 0 Å². The van der Waals surface area contributed by atoms with Crippen LogP contribution in [0.15, 0.2) is 0 Å². The predicted octanol–water partition coefficient (Wildman–Crippen LogP) is -0.0579. The van der Waals surface area contributed by atoms with Crippen molar-refractivity contribution in [3.05, 3.63) is 0 Å². The Kier molecular flexibility index (Phi) is 3.09. The van der Waals surface area contributed by atoms with Crippen LogP contribution in [-0.2, 0) is 14.6 Å². The molecular formula is C9H17NO3S. The third-order valence-corrected chi connectivity index (χ3v) is 5.22. The molecule has 2 heterocycles. The van der Waals surface area contributed by atoms with Gasteiger partial charge in [0.25, 0.3) is 0 Å². The third-order valence-electron chi connectivity index (χ3n) is 2.97. The molecule has 0 aromatic carbocycles.